The third kappa shape index (κ3) is 3.00. The topological polar surface area (TPSA) is 71.3 Å². The first-order valence-electron chi connectivity index (χ1n) is 6.56. The van der Waals surface area contributed by atoms with Gasteiger partial charge in [0.2, 0.25) is 0 Å². The lowest BCUT2D eigenvalue weighted by Crippen LogP contribution is -2.19. The number of urea groups is 1. The van der Waals surface area contributed by atoms with E-state index in [-0.39, 0.29) is 6.03 Å². The van der Waals surface area contributed by atoms with E-state index >= 15 is 0 Å². The molecule has 0 fully saturated rings. The number of aromatic nitrogens is 3. The van der Waals surface area contributed by atoms with E-state index in [4.69, 9.17) is 0 Å². The molecule has 0 unspecified atom stereocenters. The summed E-state index contributed by atoms with van der Waals surface area (Å²) in [6, 6.07) is 9.20. The van der Waals surface area contributed by atoms with Crippen molar-refractivity contribution in [3.8, 4) is 0 Å². The molecule has 1 aromatic carbocycles. The number of anilines is 2. The molecule has 0 aliphatic rings. The molecule has 6 nitrogen and oxygen atoms in total. The highest BCUT2D eigenvalue weighted by atomic mass is 16.2. The van der Waals surface area contributed by atoms with Crippen LogP contribution in [0, 0.1) is 13.8 Å². The number of pyridine rings is 1. The van der Waals surface area contributed by atoms with Crippen LogP contribution in [0.15, 0.2) is 42.9 Å². The first kappa shape index (κ1) is 13.1. The van der Waals surface area contributed by atoms with Crippen LogP contribution in [0.25, 0.3) is 5.65 Å². The highest BCUT2D eigenvalue weighted by Crippen LogP contribution is 2.15. The number of rotatable bonds is 2. The second kappa shape index (κ2) is 5.24. The van der Waals surface area contributed by atoms with Crippen LogP contribution in [0.1, 0.15) is 11.1 Å². The van der Waals surface area contributed by atoms with Gasteiger partial charge in [0.25, 0.3) is 0 Å². The van der Waals surface area contributed by atoms with Gasteiger partial charge >= 0.3 is 6.03 Å². The predicted molar refractivity (Wildman–Crippen MR) is 81.5 cm³/mol. The smallest absolute Gasteiger partial charge is 0.308 e. The minimum Gasteiger partial charge on any atom is -0.308 e. The molecule has 0 saturated carbocycles. The Morgan fingerprint density at radius 3 is 2.52 bits per heavy atom. The Bertz CT molecular complexity index is 788. The zero-order chi connectivity index (χ0) is 14.8. The van der Waals surface area contributed by atoms with Crippen LogP contribution in [0.2, 0.25) is 0 Å². The summed E-state index contributed by atoms with van der Waals surface area (Å²) in [5.41, 5.74) is 4.39. The number of benzene rings is 1. The normalized spacial score (nSPS) is 10.6. The Hall–Kier alpha value is -2.89. The van der Waals surface area contributed by atoms with Crippen molar-refractivity contribution in [2.24, 2.45) is 0 Å². The van der Waals surface area contributed by atoms with Crippen molar-refractivity contribution in [1.29, 1.82) is 0 Å². The molecule has 2 aromatic heterocycles. The molecule has 2 heterocycles. The van der Waals surface area contributed by atoms with E-state index < -0.39 is 0 Å². The SMILES string of the molecule is Cc1cc(C)cc(NC(=O)Nc2ccc3nncn3c2)c1. The molecule has 2 N–H and O–H groups in total. The van der Waals surface area contributed by atoms with Gasteiger partial charge in [-0.05, 0) is 49.2 Å². The lowest BCUT2D eigenvalue weighted by molar-refractivity contribution is 0.262. The second-order valence-electron chi connectivity index (χ2n) is 4.97. The highest BCUT2D eigenvalue weighted by molar-refractivity contribution is 5.99. The molecular weight excluding hydrogens is 266 g/mol. The minimum absolute atomic E-state index is 0.285. The molecule has 2 amide bonds. The van der Waals surface area contributed by atoms with Crippen LogP contribution in [-0.4, -0.2) is 20.6 Å². The van der Waals surface area contributed by atoms with Gasteiger partial charge in [0, 0.05) is 11.9 Å². The van der Waals surface area contributed by atoms with E-state index in [1.54, 1.807) is 29.1 Å². The van der Waals surface area contributed by atoms with Gasteiger partial charge < -0.3 is 10.6 Å². The average molecular weight is 281 g/mol. The van der Waals surface area contributed by atoms with E-state index in [1.165, 1.54) is 0 Å². The van der Waals surface area contributed by atoms with Crippen molar-refractivity contribution in [3.05, 3.63) is 54.0 Å². The van der Waals surface area contributed by atoms with Crippen molar-refractivity contribution < 1.29 is 4.79 Å². The maximum Gasteiger partial charge on any atom is 0.323 e. The van der Waals surface area contributed by atoms with Gasteiger partial charge in [-0.2, -0.15) is 0 Å². The van der Waals surface area contributed by atoms with Gasteiger partial charge in [-0.3, -0.25) is 4.40 Å². The lowest BCUT2D eigenvalue weighted by Gasteiger charge is -2.09. The number of fused-ring (bicyclic) bond motifs is 1. The zero-order valence-electron chi connectivity index (χ0n) is 11.8. The minimum atomic E-state index is -0.285. The Kier molecular flexibility index (Phi) is 3.27. The first-order valence-corrected chi connectivity index (χ1v) is 6.56. The van der Waals surface area contributed by atoms with E-state index in [9.17, 15) is 4.79 Å². The number of hydrogen-bond donors (Lipinski definition) is 2. The number of amides is 2. The van der Waals surface area contributed by atoms with Crippen molar-refractivity contribution >= 4 is 23.1 Å². The summed E-state index contributed by atoms with van der Waals surface area (Å²) >= 11 is 0. The van der Waals surface area contributed by atoms with Crippen molar-refractivity contribution in [2.45, 2.75) is 13.8 Å². The van der Waals surface area contributed by atoms with E-state index in [0.717, 1.165) is 22.5 Å². The predicted octanol–water partition coefficient (Wildman–Crippen LogP) is 2.99. The molecule has 0 radical (unpaired) electrons. The lowest BCUT2D eigenvalue weighted by atomic mass is 10.1. The van der Waals surface area contributed by atoms with E-state index in [0.29, 0.717) is 5.69 Å². The van der Waals surface area contributed by atoms with Gasteiger partial charge in [0.05, 0.1) is 5.69 Å². The van der Waals surface area contributed by atoms with Crippen LogP contribution in [0.3, 0.4) is 0 Å². The molecule has 3 rings (SSSR count). The maximum atomic E-state index is 12.0. The quantitative estimate of drug-likeness (QED) is 0.758. The molecule has 0 atom stereocenters. The largest absolute Gasteiger partial charge is 0.323 e. The maximum absolute atomic E-state index is 12.0. The Balaban J connectivity index is 1.73. The average Bonchev–Trinajstić information content (AvgIpc) is 2.84. The fraction of sp³-hybridized carbons (Fsp3) is 0.133. The molecule has 0 aliphatic carbocycles. The summed E-state index contributed by atoms with van der Waals surface area (Å²) in [5.74, 6) is 0. The number of aryl methyl sites for hydroxylation is 2. The second-order valence-corrected chi connectivity index (χ2v) is 4.97. The highest BCUT2D eigenvalue weighted by Gasteiger charge is 2.05. The summed E-state index contributed by atoms with van der Waals surface area (Å²) in [5, 5.41) is 13.3. The first-order chi connectivity index (χ1) is 10.1. The van der Waals surface area contributed by atoms with Crippen LogP contribution in [-0.2, 0) is 0 Å². The summed E-state index contributed by atoms with van der Waals surface area (Å²) in [6.45, 7) is 3.99. The standard InChI is InChI=1S/C15H15N5O/c1-10-5-11(2)7-13(6-10)18-15(21)17-12-3-4-14-19-16-9-20(14)8-12/h3-9H,1-2H3,(H2,17,18,21). The number of nitrogens with one attached hydrogen (secondary N) is 2. The number of nitrogens with zero attached hydrogens (tertiary/aromatic N) is 3. The Morgan fingerprint density at radius 2 is 1.76 bits per heavy atom. The molecule has 106 valence electrons. The van der Waals surface area contributed by atoms with Gasteiger partial charge in [-0.25, -0.2) is 4.79 Å². The fourth-order valence-electron chi connectivity index (χ4n) is 2.24. The molecule has 21 heavy (non-hydrogen) atoms. The molecule has 0 bridgehead atoms. The Morgan fingerprint density at radius 1 is 1.05 bits per heavy atom. The van der Waals surface area contributed by atoms with Gasteiger partial charge in [-0.1, -0.05) is 6.07 Å². The molecule has 0 spiro atoms. The van der Waals surface area contributed by atoms with Gasteiger partial charge in [-0.15, -0.1) is 10.2 Å². The van der Waals surface area contributed by atoms with Crippen molar-refractivity contribution in [3.63, 3.8) is 0 Å². The van der Waals surface area contributed by atoms with Crippen LogP contribution >= 0.6 is 0 Å². The summed E-state index contributed by atoms with van der Waals surface area (Å²) < 4.78 is 1.74. The van der Waals surface area contributed by atoms with Gasteiger partial charge in [0.15, 0.2) is 5.65 Å². The molecule has 0 aliphatic heterocycles. The summed E-state index contributed by atoms with van der Waals surface area (Å²) in [6.07, 6.45) is 3.35. The Labute approximate surface area is 121 Å². The third-order valence-corrected chi connectivity index (χ3v) is 3.03. The van der Waals surface area contributed by atoms with Crippen LogP contribution < -0.4 is 10.6 Å². The number of hydrogen-bond acceptors (Lipinski definition) is 3. The molecular formula is C15H15N5O. The fourth-order valence-corrected chi connectivity index (χ4v) is 2.24. The van der Waals surface area contributed by atoms with Crippen LogP contribution in [0.4, 0.5) is 16.2 Å². The number of carbonyl (C=O) groups is 1. The molecule has 6 heteroatoms. The monoisotopic (exact) mass is 281 g/mol. The van der Waals surface area contributed by atoms with Gasteiger partial charge in [0.1, 0.15) is 6.33 Å². The molecule has 0 saturated heterocycles. The van der Waals surface area contributed by atoms with E-state index in [2.05, 4.69) is 26.9 Å². The van der Waals surface area contributed by atoms with Crippen LogP contribution in [0.5, 0.6) is 0 Å². The van der Waals surface area contributed by atoms with E-state index in [1.807, 2.05) is 26.0 Å². The zero-order valence-corrected chi connectivity index (χ0v) is 11.8. The summed E-state index contributed by atoms with van der Waals surface area (Å²) in [4.78, 5) is 12.0. The number of carbonyl (C=O) groups excluding carboxylic acids is 1. The molecule has 3 aromatic rings. The third-order valence-electron chi connectivity index (χ3n) is 3.03. The van der Waals surface area contributed by atoms with Crippen molar-refractivity contribution in [1.82, 2.24) is 14.6 Å². The summed E-state index contributed by atoms with van der Waals surface area (Å²) in [7, 11) is 0. The van der Waals surface area contributed by atoms with Crippen molar-refractivity contribution in [2.75, 3.05) is 10.6 Å².